The van der Waals surface area contributed by atoms with Crippen molar-refractivity contribution in [1.82, 2.24) is 0 Å². The molecule has 100 valence electrons. The normalized spacial score (nSPS) is 10.4. The first-order chi connectivity index (χ1) is 8.56. The summed E-state index contributed by atoms with van der Waals surface area (Å²) < 4.78 is 6.54. The Morgan fingerprint density at radius 1 is 1.39 bits per heavy atom. The third-order valence-electron chi connectivity index (χ3n) is 2.52. The summed E-state index contributed by atoms with van der Waals surface area (Å²) in [6, 6.07) is 3.51. The Hall–Kier alpha value is -0.320. The SMILES string of the molecule is CCCCCCOc1c(Br)cc(Cl)cc1C(N)=S. The van der Waals surface area contributed by atoms with Crippen LogP contribution in [0.15, 0.2) is 16.6 Å². The summed E-state index contributed by atoms with van der Waals surface area (Å²) in [6.07, 6.45) is 4.64. The predicted octanol–water partition coefficient (Wildman–Crippen LogP) is 4.70. The smallest absolute Gasteiger partial charge is 0.143 e. The molecule has 1 aromatic carbocycles. The maximum absolute atomic E-state index is 5.97. The second kappa shape index (κ2) is 7.97. The molecule has 0 saturated carbocycles. The lowest BCUT2D eigenvalue weighted by Gasteiger charge is -2.13. The Morgan fingerprint density at radius 2 is 2.11 bits per heavy atom. The molecule has 2 N–H and O–H groups in total. The number of hydrogen-bond acceptors (Lipinski definition) is 2. The Kier molecular flexibility index (Phi) is 6.97. The number of nitrogens with two attached hydrogens (primary N) is 1. The largest absolute Gasteiger partial charge is 0.492 e. The lowest BCUT2D eigenvalue weighted by molar-refractivity contribution is 0.303. The van der Waals surface area contributed by atoms with Gasteiger partial charge in [0.05, 0.1) is 16.6 Å². The fourth-order valence-corrected chi connectivity index (χ4v) is 2.67. The van der Waals surface area contributed by atoms with E-state index in [1.165, 1.54) is 19.3 Å². The molecule has 0 heterocycles. The van der Waals surface area contributed by atoms with Crippen molar-refractivity contribution in [3.63, 3.8) is 0 Å². The predicted molar refractivity (Wildman–Crippen MR) is 84.7 cm³/mol. The zero-order valence-corrected chi connectivity index (χ0v) is 13.5. The third kappa shape index (κ3) is 4.75. The summed E-state index contributed by atoms with van der Waals surface area (Å²) >= 11 is 14.4. The third-order valence-corrected chi connectivity index (χ3v) is 3.55. The fourth-order valence-electron chi connectivity index (χ4n) is 1.59. The minimum Gasteiger partial charge on any atom is -0.492 e. The van der Waals surface area contributed by atoms with Crippen LogP contribution in [0.25, 0.3) is 0 Å². The molecule has 0 aromatic heterocycles. The number of benzene rings is 1. The Balaban J connectivity index is 2.71. The molecule has 0 aliphatic carbocycles. The quantitative estimate of drug-likeness (QED) is 0.572. The summed E-state index contributed by atoms with van der Waals surface area (Å²) in [7, 11) is 0. The summed E-state index contributed by atoms with van der Waals surface area (Å²) in [5.41, 5.74) is 6.36. The number of thiocarbonyl (C=S) groups is 1. The van der Waals surface area contributed by atoms with Gasteiger partial charge in [-0.05, 0) is 34.5 Å². The molecule has 0 atom stereocenters. The van der Waals surface area contributed by atoms with E-state index in [1.807, 2.05) is 0 Å². The molecular weight excluding hydrogens is 334 g/mol. The van der Waals surface area contributed by atoms with Crippen molar-refractivity contribution >= 4 is 44.7 Å². The van der Waals surface area contributed by atoms with Gasteiger partial charge in [-0.2, -0.15) is 0 Å². The first-order valence-corrected chi connectivity index (χ1v) is 7.55. The molecule has 5 heteroatoms. The fraction of sp³-hybridized carbons (Fsp3) is 0.462. The van der Waals surface area contributed by atoms with Gasteiger partial charge in [-0.15, -0.1) is 0 Å². The Labute approximate surface area is 127 Å². The molecule has 0 radical (unpaired) electrons. The van der Waals surface area contributed by atoms with E-state index in [0.717, 1.165) is 10.9 Å². The highest BCUT2D eigenvalue weighted by molar-refractivity contribution is 9.10. The molecule has 0 aliphatic rings. The van der Waals surface area contributed by atoms with Crippen molar-refractivity contribution in [3.8, 4) is 5.75 Å². The van der Waals surface area contributed by atoms with Crippen molar-refractivity contribution in [1.29, 1.82) is 0 Å². The average molecular weight is 351 g/mol. The van der Waals surface area contributed by atoms with E-state index >= 15 is 0 Å². The Morgan fingerprint density at radius 3 is 2.72 bits per heavy atom. The number of halogens is 2. The number of unbranched alkanes of at least 4 members (excludes halogenated alkanes) is 3. The van der Waals surface area contributed by atoms with Gasteiger partial charge in [0.15, 0.2) is 0 Å². The maximum atomic E-state index is 5.97. The molecule has 18 heavy (non-hydrogen) atoms. The van der Waals surface area contributed by atoms with Gasteiger partial charge in [-0.25, -0.2) is 0 Å². The van der Waals surface area contributed by atoms with E-state index in [-0.39, 0.29) is 0 Å². The van der Waals surface area contributed by atoms with E-state index in [2.05, 4.69) is 22.9 Å². The van der Waals surface area contributed by atoms with Gasteiger partial charge in [-0.1, -0.05) is 50.0 Å². The second-order valence-electron chi connectivity index (χ2n) is 4.04. The zero-order chi connectivity index (χ0) is 13.5. The van der Waals surface area contributed by atoms with Gasteiger partial charge >= 0.3 is 0 Å². The number of ether oxygens (including phenoxy) is 1. The molecule has 0 saturated heterocycles. The van der Waals surface area contributed by atoms with Crippen LogP contribution in [-0.4, -0.2) is 11.6 Å². The van der Waals surface area contributed by atoms with Gasteiger partial charge in [0.2, 0.25) is 0 Å². The number of hydrogen-bond donors (Lipinski definition) is 1. The lowest BCUT2D eigenvalue weighted by atomic mass is 10.2. The van der Waals surface area contributed by atoms with E-state index in [4.69, 9.17) is 34.3 Å². The topological polar surface area (TPSA) is 35.2 Å². The molecule has 0 spiro atoms. The van der Waals surface area contributed by atoms with Crippen molar-refractivity contribution in [3.05, 3.63) is 27.2 Å². The van der Waals surface area contributed by atoms with Crippen LogP contribution in [-0.2, 0) is 0 Å². The molecular formula is C13H17BrClNOS. The van der Waals surface area contributed by atoms with Gasteiger partial charge in [0.25, 0.3) is 0 Å². The van der Waals surface area contributed by atoms with Gasteiger partial charge in [0, 0.05) is 5.02 Å². The van der Waals surface area contributed by atoms with Gasteiger partial charge < -0.3 is 10.5 Å². The number of rotatable bonds is 7. The van der Waals surface area contributed by atoms with E-state index in [9.17, 15) is 0 Å². The van der Waals surface area contributed by atoms with Crippen LogP contribution in [0.1, 0.15) is 38.2 Å². The molecule has 1 aromatic rings. The van der Waals surface area contributed by atoms with Crippen LogP contribution in [0.4, 0.5) is 0 Å². The summed E-state index contributed by atoms with van der Waals surface area (Å²) in [5, 5.41) is 0.586. The maximum Gasteiger partial charge on any atom is 0.143 e. The monoisotopic (exact) mass is 349 g/mol. The average Bonchev–Trinajstić information content (AvgIpc) is 2.30. The molecule has 0 bridgehead atoms. The summed E-state index contributed by atoms with van der Waals surface area (Å²) in [4.78, 5) is 0.293. The van der Waals surface area contributed by atoms with Gasteiger partial charge in [-0.3, -0.25) is 0 Å². The molecule has 1 rings (SSSR count). The van der Waals surface area contributed by atoms with Crippen molar-refractivity contribution in [2.24, 2.45) is 5.73 Å². The minimum atomic E-state index is 0.293. The van der Waals surface area contributed by atoms with Crippen molar-refractivity contribution in [2.75, 3.05) is 6.61 Å². The van der Waals surface area contributed by atoms with Crippen LogP contribution in [0.2, 0.25) is 5.02 Å². The molecule has 0 aliphatic heterocycles. The summed E-state index contributed by atoms with van der Waals surface area (Å²) in [5.74, 6) is 0.684. The van der Waals surface area contributed by atoms with Crippen LogP contribution in [0, 0.1) is 0 Å². The van der Waals surface area contributed by atoms with E-state index < -0.39 is 0 Å². The zero-order valence-electron chi connectivity index (χ0n) is 10.3. The summed E-state index contributed by atoms with van der Waals surface area (Å²) in [6.45, 7) is 2.84. The Bertz CT molecular complexity index is 426. The van der Waals surface area contributed by atoms with Crippen LogP contribution in [0.5, 0.6) is 5.75 Å². The molecule has 2 nitrogen and oxygen atoms in total. The van der Waals surface area contributed by atoms with Crippen LogP contribution >= 0.6 is 39.7 Å². The van der Waals surface area contributed by atoms with E-state index in [0.29, 0.717) is 27.9 Å². The van der Waals surface area contributed by atoms with Crippen molar-refractivity contribution < 1.29 is 4.74 Å². The molecule has 0 unspecified atom stereocenters. The standard InChI is InChI=1S/C13H17BrClNOS/c1-2-3-4-5-6-17-12-10(13(16)18)7-9(15)8-11(12)14/h7-8H,2-6H2,1H3,(H2,16,18). The minimum absolute atomic E-state index is 0.293. The highest BCUT2D eigenvalue weighted by Crippen LogP contribution is 2.32. The van der Waals surface area contributed by atoms with Gasteiger partial charge in [0.1, 0.15) is 10.7 Å². The van der Waals surface area contributed by atoms with Crippen molar-refractivity contribution in [2.45, 2.75) is 32.6 Å². The highest BCUT2D eigenvalue weighted by atomic mass is 79.9. The first kappa shape index (κ1) is 15.7. The lowest BCUT2D eigenvalue weighted by Crippen LogP contribution is -2.12. The van der Waals surface area contributed by atoms with Crippen LogP contribution < -0.4 is 10.5 Å². The molecule has 0 amide bonds. The molecule has 0 fully saturated rings. The second-order valence-corrected chi connectivity index (χ2v) is 5.77. The highest BCUT2D eigenvalue weighted by Gasteiger charge is 2.12. The van der Waals surface area contributed by atoms with E-state index in [1.54, 1.807) is 12.1 Å². The first-order valence-electron chi connectivity index (χ1n) is 5.98. The van der Waals surface area contributed by atoms with Crippen LogP contribution in [0.3, 0.4) is 0 Å².